The molecule has 1 aromatic rings. The van der Waals surface area contributed by atoms with Gasteiger partial charge in [-0.2, -0.15) is 16.8 Å². The molecule has 1 aliphatic rings. The lowest BCUT2D eigenvalue weighted by Crippen LogP contribution is -2.56. The Labute approximate surface area is 164 Å². The van der Waals surface area contributed by atoms with Crippen LogP contribution in [0.25, 0.3) is 0 Å². The highest BCUT2D eigenvalue weighted by Gasteiger charge is 2.41. The molecule has 1 aromatic carbocycles. The zero-order valence-corrected chi connectivity index (χ0v) is 17.2. The summed E-state index contributed by atoms with van der Waals surface area (Å²) in [6.07, 6.45) is -3.14. The summed E-state index contributed by atoms with van der Waals surface area (Å²) in [6, 6.07) is 5.03. The van der Waals surface area contributed by atoms with Gasteiger partial charge in [-0.1, -0.05) is 17.7 Å². The molecule has 2 N–H and O–H groups in total. The van der Waals surface area contributed by atoms with E-state index in [9.17, 15) is 26.7 Å². The van der Waals surface area contributed by atoms with E-state index in [1.165, 1.54) is 19.1 Å². The SMILES string of the molecule is CC(=O)N[C@@H]1C[C@@H](OS(C)(=O)=O)[C@@H](COS(=O)(=O)c2ccc(C)cc2)O[C@@H]1O. The van der Waals surface area contributed by atoms with Gasteiger partial charge >= 0.3 is 0 Å². The fourth-order valence-corrected chi connectivity index (χ4v) is 4.24. The van der Waals surface area contributed by atoms with Crippen LogP contribution in [-0.4, -0.2) is 65.3 Å². The summed E-state index contributed by atoms with van der Waals surface area (Å²) in [5.74, 6) is -0.456. The van der Waals surface area contributed by atoms with E-state index in [0.29, 0.717) is 0 Å². The Morgan fingerprint density at radius 3 is 2.39 bits per heavy atom. The van der Waals surface area contributed by atoms with Gasteiger partial charge in [-0.3, -0.25) is 13.2 Å². The lowest BCUT2D eigenvalue weighted by Gasteiger charge is -2.38. The normalized spacial score (nSPS) is 26.0. The average molecular weight is 437 g/mol. The maximum absolute atomic E-state index is 12.3. The number of aryl methyl sites for hydroxylation is 1. The molecule has 10 nitrogen and oxygen atoms in total. The molecule has 0 radical (unpaired) electrons. The van der Waals surface area contributed by atoms with Crippen molar-refractivity contribution >= 4 is 26.1 Å². The third kappa shape index (κ3) is 6.50. The second-order valence-corrected chi connectivity index (χ2v) is 9.71. The van der Waals surface area contributed by atoms with Crippen LogP contribution in [0.2, 0.25) is 0 Å². The Morgan fingerprint density at radius 1 is 1.25 bits per heavy atom. The first kappa shape index (κ1) is 22.7. The van der Waals surface area contributed by atoms with Crippen LogP contribution in [0.3, 0.4) is 0 Å². The Balaban J connectivity index is 2.14. The van der Waals surface area contributed by atoms with Crippen molar-refractivity contribution in [2.75, 3.05) is 12.9 Å². The van der Waals surface area contributed by atoms with Crippen LogP contribution in [0, 0.1) is 6.92 Å². The molecular formula is C16H23NO9S2. The van der Waals surface area contributed by atoms with E-state index in [1.807, 2.05) is 0 Å². The molecule has 1 fully saturated rings. The molecule has 0 spiro atoms. The number of benzene rings is 1. The molecule has 0 unspecified atom stereocenters. The molecule has 4 atom stereocenters. The molecular weight excluding hydrogens is 414 g/mol. The van der Waals surface area contributed by atoms with Crippen LogP contribution in [0.4, 0.5) is 0 Å². The molecule has 1 amide bonds. The van der Waals surface area contributed by atoms with Crippen molar-refractivity contribution in [3.8, 4) is 0 Å². The van der Waals surface area contributed by atoms with Crippen molar-refractivity contribution in [1.29, 1.82) is 0 Å². The number of rotatable bonds is 7. The fourth-order valence-electron chi connectivity index (χ4n) is 2.67. The molecule has 0 bridgehead atoms. The molecule has 2 rings (SSSR count). The van der Waals surface area contributed by atoms with Crippen molar-refractivity contribution in [1.82, 2.24) is 5.32 Å². The molecule has 0 aromatic heterocycles. The minimum Gasteiger partial charge on any atom is -0.366 e. The lowest BCUT2D eigenvalue weighted by atomic mass is 10.0. The zero-order valence-electron chi connectivity index (χ0n) is 15.6. The summed E-state index contributed by atoms with van der Waals surface area (Å²) in [7, 11) is -8.05. The number of hydrogen-bond acceptors (Lipinski definition) is 9. The maximum Gasteiger partial charge on any atom is 0.297 e. The standard InChI is InChI=1S/C16H23NO9S2/c1-10-4-6-12(7-5-10)28(22,23)24-9-15-14(26-27(3,20)21)8-13(16(19)25-15)17-11(2)18/h4-7,13-16,19H,8-9H2,1-3H3,(H,17,18)/t13-,14-,15-,16+/m1/s1. The van der Waals surface area contributed by atoms with Crippen LogP contribution in [-0.2, 0) is 38.1 Å². The van der Waals surface area contributed by atoms with Gasteiger partial charge in [0, 0.05) is 13.3 Å². The van der Waals surface area contributed by atoms with Crippen LogP contribution in [0.5, 0.6) is 0 Å². The lowest BCUT2D eigenvalue weighted by molar-refractivity contribution is -0.213. The average Bonchev–Trinajstić information content (AvgIpc) is 2.55. The van der Waals surface area contributed by atoms with Crippen molar-refractivity contribution in [3.05, 3.63) is 29.8 Å². The van der Waals surface area contributed by atoms with Gasteiger partial charge in [0.15, 0.2) is 6.29 Å². The first-order chi connectivity index (χ1) is 12.9. The van der Waals surface area contributed by atoms with Crippen LogP contribution in [0.1, 0.15) is 18.9 Å². The Bertz CT molecular complexity index is 897. The summed E-state index contributed by atoms with van der Waals surface area (Å²) in [6.45, 7) is 2.44. The summed E-state index contributed by atoms with van der Waals surface area (Å²) in [4.78, 5) is 11.2. The fraction of sp³-hybridized carbons (Fsp3) is 0.562. The van der Waals surface area contributed by atoms with Gasteiger partial charge in [0.1, 0.15) is 12.2 Å². The van der Waals surface area contributed by atoms with E-state index in [1.54, 1.807) is 19.1 Å². The zero-order chi connectivity index (χ0) is 21.1. The van der Waals surface area contributed by atoms with Crippen molar-refractivity contribution < 1.29 is 39.8 Å². The number of carbonyl (C=O) groups excluding carboxylic acids is 1. The largest absolute Gasteiger partial charge is 0.366 e. The summed E-state index contributed by atoms with van der Waals surface area (Å²) in [5, 5.41) is 12.5. The van der Waals surface area contributed by atoms with Gasteiger partial charge in [0.05, 0.1) is 23.8 Å². The monoisotopic (exact) mass is 437 g/mol. The quantitative estimate of drug-likeness (QED) is 0.547. The number of aliphatic hydroxyl groups excluding tert-OH is 1. The first-order valence-electron chi connectivity index (χ1n) is 8.32. The molecule has 28 heavy (non-hydrogen) atoms. The van der Waals surface area contributed by atoms with Gasteiger partial charge < -0.3 is 15.2 Å². The number of nitrogens with one attached hydrogen (secondary N) is 1. The number of ether oxygens (including phenoxy) is 1. The minimum absolute atomic E-state index is 0.0776. The Morgan fingerprint density at radius 2 is 1.86 bits per heavy atom. The highest BCUT2D eigenvalue weighted by atomic mass is 32.2. The molecule has 12 heteroatoms. The highest BCUT2D eigenvalue weighted by molar-refractivity contribution is 7.86. The number of carbonyl (C=O) groups is 1. The molecule has 158 valence electrons. The number of hydrogen-bond donors (Lipinski definition) is 2. The Kier molecular flexibility index (Phi) is 7.17. The van der Waals surface area contributed by atoms with E-state index >= 15 is 0 Å². The number of aliphatic hydroxyl groups is 1. The highest BCUT2D eigenvalue weighted by Crippen LogP contribution is 2.25. The second-order valence-electron chi connectivity index (χ2n) is 6.50. The van der Waals surface area contributed by atoms with E-state index in [-0.39, 0.29) is 11.3 Å². The third-order valence-electron chi connectivity index (χ3n) is 3.94. The minimum atomic E-state index is -4.13. The van der Waals surface area contributed by atoms with E-state index in [0.717, 1.165) is 11.8 Å². The Hall–Kier alpha value is -1.57. The van der Waals surface area contributed by atoms with Crippen molar-refractivity contribution in [2.45, 2.75) is 49.7 Å². The predicted molar refractivity (Wildman–Crippen MR) is 97.1 cm³/mol. The molecule has 0 saturated carbocycles. The molecule has 1 aliphatic heterocycles. The predicted octanol–water partition coefficient (Wildman–Crippen LogP) is -0.343. The topological polar surface area (TPSA) is 145 Å². The number of amides is 1. The van der Waals surface area contributed by atoms with Gasteiger partial charge in [0.2, 0.25) is 5.91 Å². The van der Waals surface area contributed by atoms with Crippen LogP contribution >= 0.6 is 0 Å². The summed E-state index contributed by atoms with van der Waals surface area (Å²) < 4.78 is 62.9. The van der Waals surface area contributed by atoms with Crippen LogP contribution < -0.4 is 5.32 Å². The van der Waals surface area contributed by atoms with Crippen LogP contribution in [0.15, 0.2) is 29.2 Å². The molecule has 1 saturated heterocycles. The molecule has 0 aliphatic carbocycles. The first-order valence-corrected chi connectivity index (χ1v) is 11.5. The van der Waals surface area contributed by atoms with E-state index in [4.69, 9.17) is 13.1 Å². The van der Waals surface area contributed by atoms with Gasteiger partial charge in [-0.05, 0) is 19.1 Å². The second kappa shape index (κ2) is 8.84. The molecule has 1 heterocycles. The van der Waals surface area contributed by atoms with Gasteiger partial charge in [-0.15, -0.1) is 0 Å². The van der Waals surface area contributed by atoms with E-state index in [2.05, 4.69) is 5.32 Å². The van der Waals surface area contributed by atoms with E-state index < -0.39 is 57.3 Å². The smallest absolute Gasteiger partial charge is 0.297 e. The third-order valence-corrected chi connectivity index (χ3v) is 5.84. The van der Waals surface area contributed by atoms with Gasteiger partial charge in [-0.25, -0.2) is 0 Å². The van der Waals surface area contributed by atoms with Crippen molar-refractivity contribution in [2.24, 2.45) is 0 Å². The maximum atomic E-state index is 12.3. The van der Waals surface area contributed by atoms with Crippen molar-refractivity contribution in [3.63, 3.8) is 0 Å². The summed E-state index contributed by atoms with van der Waals surface area (Å²) in [5.41, 5.74) is 0.864. The van der Waals surface area contributed by atoms with Gasteiger partial charge in [0.25, 0.3) is 20.2 Å². The summed E-state index contributed by atoms with van der Waals surface area (Å²) >= 11 is 0.